The van der Waals surface area contributed by atoms with Gasteiger partial charge in [0.2, 0.25) is 5.91 Å². The van der Waals surface area contributed by atoms with Gasteiger partial charge in [0.15, 0.2) is 0 Å². The van der Waals surface area contributed by atoms with Crippen LogP contribution in [0.3, 0.4) is 0 Å². The third kappa shape index (κ3) is 3.97. The topological polar surface area (TPSA) is 46.4 Å². The minimum absolute atomic E-state index is 0.0466. The Morgan fingerprint density at radius 3 is 2.74 bits per heavy atom. The van der Waals surface area contributed by atoms with Crippen molar-refractivity contribution < 1.29 is 4.79 Å². The zero-order valence-corrected chi connectivity index (χ0v) is 13.3. The lowest BCUT2D eigenvalue weighted by molar-refractivity contribution is -0.115. The van der Waals surface area contributed by atoms with Crippen LogP contribution in [0.4, 0.5) is 5.69 Å². The molecule has 3 rings (SSSR count). The predicted molar refractivity (Wildman–Crippen MR) is 92.6 cm³/mol. The molecule has 0 aliphatic heterocycles. The van der Waals surface area contributed by atoms with E-state index >= 15 is 0 Å². The second-order valence-electron chi connectivity index (χ2n) is 5.72. The van der Waals surface area contributed by atoms with Crippen LogP contribution in [-0.2, 0) is 17.6 Å². The van der Waals surface area contributed by atoms with Gasteiger partial charge in [-0.25, -0.2) is 4.98 Å². The number of imidazole rings is 1. The Hall–Kier alpha value is -2.62. The summed E-state index contributed by atoms with van der Waals surface area (Å²) >= 11 is 0. The van der Waals surface area contributed by atoms with Crippen molar-refractivity contribution >= 4 is 17.2 Å². The summed E-state index contributed by atoms with van der Waals surface area (Å²) in [6.07, 6.45) is 7.57. The molecular weight excluding hydrogens is 286 g/mol. The maximum Gasteiger partial charge on any atom is 0.230 e. The van der Waals surface area contributed by atoms with Gasteiger partial charge in [0, 0.05) is 18.1 Å². The Bertz CT molecular complexity index is 757. The van der Waals surface area contributed by atoms with Gasteiger partial charge in [0.1, 0.15) is 5.65 Å². The summed E-state index contributed by atoms with van der Waals surface area (Å²) in [6.45, 7) is 2.19. The van der Waals surface area contributed by atoms with E-state index in [0.717, 1.165) is 23.4 Å². The van der Waals surface area contributed by atoms with Crippen LogP contribution in [0.5, 0.6) is 0 Å². The SMILES string of the molecule is CCCCc1ccc(NC(=O)Cc2cn3ccccc3n2)cc1. The highest BCUT2D eigenvalue weighted by molar-refractivity contribution is 5.92. The molecule has 0 atom stereocenters. The third-order valence-electron chi connectivity index (χ3n) is 3.81. The molecule has 1 amide bonds. The number of carbonyl (C=O) groups excluding carboxylic acids is 1. The van der Waals surface area contributed by atoms with Gasteiger partial charge in [-0.2, -0.15) is 0 Å². The monoisotopic (exact) mass is 307 g/mol. The van der Waals surface area contributed by atoms with E-state index in [1.165, 1.54) is 18.4 Å². The summed E-state index contributed by atoms with van der Waals surface area (Å²) in [5, 5.41) is 2.93. The van der Waals surface area contributed by atoms with Gasteiger partial charge in [0.25, 0.3) is 0 Å². The highest BCUT2D eigenvalue weighted by atomic mass is 16.1. The lowest BCUT2D eigenvalue weighted by atomic mass is 10.1. The number of pyridine rings is 1. The first-order valence-corrected chi connectivity index (χ1v) is 8.06. The van der Waals surface area contributed by atoms with Crippen LogP contribution >= 0.6 is 0 Å². The smallest absolute Gasteiger partial charge is 0.230 e. The van der Waals surface area contributed by atoms with E-state index in [0.29, 0.717) is 0 Å². The van der Waals surface area contributed by atoms with Crippen LogP contribution in [0.15, 0.2) is 54.9 Å². The van der Waals surface area contributed by atoms with Gasteiger partial charge < -0.3 is 9.72 Å². The number of fused-ring (bicyclic) bond motifs is 1. The quantitative estimate of drug-likeness (QED) is 0.751. The Morgan fingerprint density at radius 2 is 2.00 bits per heavy atom. The zero-order valence-electron chi connectivity index (χ0n) is 13.3. The van der Waals surface area contributed by atoms with Gasteiger partial charge in [-0.1, -0.05) is 31.5 Å². The Kier molecular flexibility index (Phi) is 4.71. The van der Waals surface area contributed by atoms with Crippen molar-refractivity contribution in [3.05, 3.63) is 66.1 Å². The van der Waals surface area contributed by atoms with Crippen LogP contribution in [0.25, 0.3) is 5.65 Å². The fourth-order valence-corrected chi connectivity index (χ4v) is 2.58. The first kappa shape index (κ1) is 15.3. The molecule has 0 fully saturated rings. The molecule has 1 N–H and O–H groups in total. The number of unbranched alkanes of at least 4 members (excludes halogenated alkanes) is 1. The number of aryl methyl sites for hydroxylation is 1. The second kappa shape index (κ2) is 7.09. The van der Waals surface area contributed by atoms with E-state index in [2.05, 4.69) is 29.4 Å². The largest absolute Gasteiger partial charge is 0.326 e. The van der Waals surface area contributed by atoms with Crippen molar-refractivity contribution in [3.63, 3.8) is 0 Å². The fraction of sp³-hybridized carbons (Fsp3) is 0.263. The zero-order chi connectivity index (χ0) is 16.1. The van der Waals surface area contributed by atoms with E-state index in [1.807, 2.05) is 47.1 Å². The standard InChI is InChI=1S/C19H21N3O/c1-2-3-6-15-8-10-16(11-9-15)21-19(23)13-17-14-22-12-5-4-7-18(22)20-17/h4-5,7-12,14H,2-3,6,13H2,1H3,(H,21,23). The Labute approximate surface area is 136 Å². The van der Waals surface area contributed by atoms with Gasteiger partial charge in [-0.3, -0.25) is 4.79 Å². The molecule has 0 saturated heterocycles. The summed E-state index contributed by atoms with van der Waals surface area (Å²) in [5.41, 5.74) is 3.77. The number of nitrogens with one attached hydrogen (secondary N) is 1. The molecule has 2 heterocycles. The molecule has 23 heavy (non-hydrogen) atoms. The molecule has 0 saturated carbocycles. The normalized spacial score (nSPS) is 10.8. The van der Waals surface area contributed by atoms with Crippen LogP contribution in [-0.4, -0.2) is 15.3 Å². The van der Waals surface area contributed by atoms with Crippen LogP contribution in [0, 0.1) is 0 Å². The van der Waals surface area contributed by atoms with Gasteiger partial charge in [-0.05, 0) is 42.7 Å². The summed E-state index contributed by atoms with van der Waals surface area (Å²) < 4.78 is 1.92. The lowest BCUT2D eigenvalue weighted by Gasteiger charge is -2.05. The number of carbonyl (C=O) groups is 1. The van der Waals surface area contributed by atoms with E-state index in [9.17, 15) is 4.79 Å². The maximum atomic E-state index is 12.2. The second-order valence-corrected chi connectivity index (χ2v) is 5.72. The molecule has 1 aromatic carbocycles. The van der Waals surface area contributed by atoms with E-state index in [-0.39, 0.29) is 12.3 Å². The maximum absolute atomic E-state index is 12.2. The van der Waals surface area contributed by atoms with Gasteiger partial charge >= 0.3 is 0 Å². The third-order valence-corrected chi connectivity index (χ3v) is 3.81. The fourth-order valence-electron chi connectivity index (χ4n) is 2.58. The highest BCUT2D eigenvalue weighted by Crippen LogP contribution is 2.13. The molecule has 0 bridgehead atoms. The van der Waals surface area contributed by atoms with Gasteiger partial charge in [-0.15, -0.1) is 0 Å². The van der Waals surface area contributed by atoms with Crippen molar-refractivity contribution in [2.45, 2.75) is 32.6 Å². The van der Waals surface area contributed by atoms with Crippen molar-refractivity contribution in [2.24, 2.45) is 0 Å². The molecule has 118 valence electrons. The number of rotatable bonds is 6. The van der Waals surface area contributed by atoms with E-state index in [4.69, 9.17) is 0 Å². The minimum Gasteiger partial charge on any atom is -0.326 e. The summed E-state index contributed by atoms with van der Waals surface area (Å²) in [7, 11) is 0. The molecule has 0 radical (unpaired) electrons. The van der Waals surface area contributed by atoms with Crippen LogP contribution in [0.1, 0.15) is 31.0 Å². The average Bonchev–Trinajstić information content (AvgIpc) is 2.96. The molecular formula is C19H21N3O. The molecule has 2 aromatic heterocycles. The molecule has 4 nitrogen and oxygen atoms in total. The lowest BCUT2D eigenvalue weighted by Crippen LogP contribution is -2.14. The molecule has 3 aromatic rings. The number of benzene rings is 1. The number of anilines is 1. The first-order valence-electron chi connectivity index (χ1n) is 8.06. The van der Waals surface area contributed by atoms with Crippen molar-refractivity contribution in [1.82, 2.24) is 9.38 Å². The minimum atomic E-state index is -0.0466. The van der Waals surface area contributed by atoms with Gasteiger partial charge in [0.05, 0.1) is 12.1 Å². The summed E-state index contributed by atoms with van der Waals surface area (Å²) in [4.78, 5) is 16.6. The molecule has 0 aliphatic rings. The van der Waals surface area contributed by atoms with Crippen LogP contribution < -0.4 is 5.32 Å². The summed E-state index contributed by atoms with van der Waals surface area (Å²) in [5.74, 6) is -0.0466. The molecule has 0 aliphatic carbocycles. The summed E-state index contributed by atoms with van der Waals surface area (Å²) in [6, 6.07) is 13.9. The van der Waals surface area contributed by atoms with Crippen LogP contribution in [0.2, 0.25) is 0 Å². The average molecular weight is 307 g/mol. The Balaban J connectivity index is 1.60. The predicted octanol–water partition coefficient (Wildman–Crippen LogP) is 3.86. The van der Waals surface area contributed by atoms with Crippen molar-refractivity contribution in [1.29, 1.82) is 0 Å². The van der Waals surface area contributed by atoms with E-state index < -0.39 is 0 Å². The Morgan fingerprint density at radius 1 is 1.17 bits per heavy atom. The number of amides is 1. The molecule has 0 unspecified atom stereocenters. The van der Waals surface area contributed by atoms with Crippen molar-refractivity contribution in [2.75, 3.05) is 5.32 Å². The number of nitrogens with zero attached hydrogens (tertiary/aromatic N) is 2. The first-order chi connectivity index (χ1) is 11.2. The molecule has 4 heteroatoms. The number of aromatic nitrogens is 2. The van der Waals surface area contributed by atoms with Crippen molar-refractivity contribution in [3.8, 4) is 0 Å². The molecule has 0 spiro atoms. The highest BCUT2D eigenvalue weighted by Gasteiger charge is 2.08. The van der Waals surface area contributed by atoms with E-state index in [1.54, 1.807) is 0 Å². The number of hydrogen-bond donors (Lipinski definition) is 1. The number of hydrogen-bond acceptors (Lipinski definition) is 2.